The number of aryl methyl sites for hydroxylation is 1. The number of carboxylic acid groups (broad SMARTS) is 1. The molecule has 1 atom stereocenters. The van der Waals surface area contributed by atoms with Gasteiger partial charge in [0.05, 0.1) is 0 Å². The van der Waals surface area contributed by atoms with Crippen LogP contribution >= 0.6 is 0 Å². The first-order valence-corrected chi connectivity index (χ1v) is 8.20. The van der Waals surface area contributed by atoms with E-state index in [1.54, 1.807) is 0 Å². The molecule has 0 aliphatic rings. The quantitative estimate of drug-likeness (QED) is 0.535. The molecule has 0 saturated heterocycles. The fraction of sp³-hybridized carbons (Fsp3) is 0.350. The molecule has 0 saturated carbocycles. The van der Waals surface area contributed by atoms with Gasteiger partial charge in [0, 0.05) is 5.92 Å². The van der Waals surface area contributed by atoms with E-state index in [2.05, 4.69) is 19.1 Å². The summed E-state index contributed by atoms with van der Waals surface area (Å²) in [6.07, 6.45) is 3.33. The molecule has 3 nitrogen and oxygen atoms in total. The van der Waals surface area contributed by atoms with Crippen LogP contribution in [0.25, 0.3) is 0 Å². The molecular weight excluding hydrogens is 288 g/mol. The van der Waals surface area contributed by atoms with Crippen LogP contribution in [0.5, 0.6) is 0 Å². The highest BCUT2D eigenvalue weighted by atomic mass is 16.7. The van der Waals surface area contributed by atoms with E-state index >= 15 is 0 Å². The van der Waals surface area contributed by atoms with Crippen LogP contribution < -0.4 is 0 Å². The van der Waals surface area contributed by atoms with E-state index in [0.29, 0.717) is 0 Å². The minimum atomic E-state index is -1.23. The molecule has 3 heteroatoms. The van der Waals surface area contributed by atoms with Gasteiger partial charge in [-0.15, -0.1) is 0 Å². The molecule has 1 N–H and O–H groups in total. The predicted molar refractivity (Wildman–Crippen MR) is 91.9 cm³/mol. The Balaban J connectivity index is 2.29. The largest absolute Gasteiger partial charge is 0.505 e. The Hall–Kier alpha value is -2.29. The summed E-state index contributed by atoms with van der Waals surface area (Å²) in [7, 11) is 0. The summed E-state index contributed by atoms with van der Waals surface area (Å²) in [6.45, 7) is 2.34. The predicted octanol–water partition coefficient (Wildman–Crippen LogP) is 5.25. The summed E-state index contributed by atoms with van der Waals surface area (Å²) in [5.74, 6) is -0.0647. The number of hydrogen-bond donors (Lipinski definition) is 1. The first-order chi connectivity index (χ1) is 11.2. The molecule has 2 aromatic rings. The molecule has 23 heavy (non-hydrogen) atoms. The summed E-state index contributed by atoms with van der Waals surface area (Å²) in [5.41, 5.74) is 3.52. The molecule has 0 amide bonds. The standard InChI is InChI=1S/C20H24O3/c1-2-3-5-10-16-13-8-9-14-18(16)19(15-23-20(21)22)17-11-6-4-7-12-17/h4,6-9,11-14,19H,2-3,5,10,15H2,1H3,(H,21,22). The van der Waals surface area contributed by atoms with Crippen molar-refractivity contribution in [2.75, 3.05) is 6.61 Å². The molecule has 2 rings (SSSR count). The summed E-state index contributed by atoms with van der Waals surface area (Å²) >= 11 is 0. The normalized spacial score (nSPS) is 11.9. The lowest BCUT2D eigenvalue weighted by Crippen LogP contribution is -2.14. The van der Waals surface area contributed by atoms with Crippen molar-refractivity contribution in [1.82, 2.24) is 0 Å². The monoisotopic (exact) mass is 312 g/mol. The highest BCUT2D eigenvalue weighted by Gasteiger charge is 2.19. The number of hydrogen-bond acceptors (Lipinski definition) is 2. The average Bonchev–Trinajstić information content (AvgIpc) is 2.57. The van der Waals surface area contributed by atoms with Crippen LogP contribution in [0, 0.1) is 0 Å². The Labute approximate surface area is 137 Å². The van der Waals surface area contributed by atoms with Gasteiger partial charge in [0.1, 0.15) is 6.61 Å². The van der Waals surface area contributed by atoms with E-state index in [4.69, 9.17) is 9.84 Å². The number of benzene rings is 2. The van der Waals surface area contributed by atoms with Crippen LogP contribution in [0.3, 0.4) is 0 Å². The van der Waals surface area contributed by atoms with Crippen molar-refractivity contribution in [3.63, 3.8) is 0 Å². The Kier molecular flexibility index (Phi) is 6.67. The average molecular weight is 312 g/mol. The SMILES string of the molecule is CCCCCc1ccccc1C(COC(=O)O)c1ccccc1. The molecule has 0 aliphatic carbocycles. The summed E-state index contributed by atoms with van der Waals surface area (Å²) in [4.78, 5) is 10.8. The van der Waals surface area contributed by atoms with E-state index < -0.39 is 6.16 Å². The first kappa shape index (κ1) is 17.1. The Bertz CT molecular complexity index is 607. The van der Waals surface area contributed by atoms with Gasteiger partial charge < -0.3 is 9.84 Å². The van der Waals surface area contributed by atoms with Gasteiger partial charge in [-0.25, -0.2) is 4.79 Å². The van der Waals surface area contributed by atoms with Crippen molar-refractivity contribution >= 4 is 6.16 Å². The Morgan fingerprint density at radius 3 is 2.43 bits per heavy atom. The third-order valence-electron chi connectivity index (χ3n) is 4.06. The van der Waals surface area contributed by atoms with E-state index in [0.717, 1.165) is 24.0 Å². The maximum Gasteiger partial charge on any atom is 0.505 e. The van der Waals surface area contributed by atoms with Crippen LogP contribution in [0.1, 0.15) is 48.8 Å². The summed E-state index contributed by atoms with van der Waals surface area (Å²) < 4.78 is 4.91. The van der Waals surface area contributed by atoms with Gasteiger partial charge in [0.2, 0.25) is 0 Å². The fourth-order valence-corrected chi connectivity index (χ4v) is 2.87. The molecule has 0 bridgehead atoms. The second kappa shape index (κ2) is 8.99. The first-order valence-electron chi connectivity index (χ1n) is 8.20. The van der Waals surface area contributed by atoms with Crippen molar-refractivity contribution < 1.29 is 14.6 Å². The zero-order valence-corrected chi connectivity index (χ0v) is 13.6. The zero-order valence-electron chi connectivity index (χ0n) is 13.6. The van der Waals surface area contributed by atoms with Crippen molar-refractivity contribution in [2.24, 2.45) is 0 Å². The summed E-state index contributed by atoms with van der Waals surface area (Å²) in [6, 6.07) is 18.3. The number of carbonyl (C=O) groups is 1. The maximum atomic E-state index is 10.8. The molecule has 0 aromatic heterocycles. The highest BCUT2D eigenvalue weighted by molar-refractivity contribution is 5.57. The molecule has 0 radical (unpaired) electrons. The van der Waals surface area contributed by atoms with E-state index in [1.807, 2.05) is 42.5 Å². The maximum absolute atomic E-state index is 10.8. The van der Waals surface area contributed by atoms with Crippen molar-refractivity contribution in [1.29, 1.82) is 0 Å². The zero-order chi connectivity index (χ0) is 16.5. The Morgan fingerprint density at radius 1 is 1.04 bits per heavy atom. The molecule has 122 valence electrons. The number of ether oxygens (including phenoxy) is 1. The van der Waals surface area contributed by atoms with Crippen LogP contribution in [0.15, 0.2) is 54.6 Å². The van der Waals surface area contributed by atoms with E-state index in [-0.39, 0.29) is 12.5 Å². The van der Waals surface area contributed by atoms with Gasteiger partial charge in [-0.2, -0.15) is 0 Å². The third-order valence-corrected chi connectivity index (χ3v) is 4.06. The summed E-state index contributed by atoms with van der Waals surface area (Å²) in [5, 5.41) is 8.88. The minimum Gasteiger partial charge on any atom is -0.450 e. The lowest BCUT2D eigenvalue weighted by molar-refractivity contribution is 0.0888. The third kappa shape index (κ3) is 5.13. The molecule has 0 aliphatic heterocycles. The van der Waals surface area contributed by atoms with Crippen LogP contribution in [-0.4, -0.2) is 17.9 Å². The second-order valence-corrected chi connectivity index (χ2v) is 5.70. The Morgan fingerprint density at radius 2 is 1.74 bits per heavy atom. The fourth-order valence-electron chi connectivity index (χ4n) is 2.87. The van der Waals surface area contributed by atoms with Crippen molar-refractivity contribution in [3.8, 4) is 0 Å². The second-order valence-electron chi connectivity index (χ2n) is 5.70. The van der Waals surface area contributed by atoms with Gasteiger partial charge in [-0.05, 0) is 29.5 Å². The highest BCUT2D eigenvalue weighted by Crippen LogP contribution is 2.29. The minimum absolute atomic E-state index is 0.0647. The van der Waals surface area contributed by atoms with Gasteiger partial charge in [-0.3, -0.25) is 0 Å². The lowest BCUT2D eigenvalue weighted by atomic mass is 9.87. The molecule has 0 spiro atoms. The molecular formula is C20H24O3. The molecule has 1 unspecified atom stereocenters. The van der Waals surface area contributed by atoms with Gasteiger partial charge in [0.15, 0.2) is 0 Å². The van der Waals surface area contributed by atoms with E-state index in [9.17, 15) is 4.79 Å². The van der Waals surface area contributed by atoms with Gasteiger partial charge in [0.25, 0.3) is 0 Å². The van der Waals surface area contributed by atoms with E-state index in [1.165, 1.54) is 18.4 Å². The van der Waals surface area contributed by atoms with Crippen LogP contribution in [-0.2, 0) is 11.2 Å². The van der Waals surface area contributed by atoms with Crippen LogP contribution in [0.2, 0.25) is 0 Å². The van der Waals surface area contributed by atoms with Crippen molar-refractivity contribution in [2.45, 2.75) is 38.5 Å². The molecule has 2 aromatic carbocycles. The van der Waals surface area contributed by atoms with Gasteiger partial charge >= 0.3 is 6.16 Å². The smallest absolute Gasteiger partial charge is 0.450 e. The van der Waals surface area contributed by atoms with Crippen molar-refractivity contribution in [3.05, 3.63) is 71.3 Å². The topological polar surface area (TPSA) is 46.5 Å². The van der Waals surface area contributed by atoms with Gasteiger partial charge in [-0.1, -0.05) is 74.4 Å². The lowest BCUT2D eigenvalue weighted by Gasteiger charge is -2.20. The molecule has 0 heterocycles. The number of rotatable bonds is 8. The number of unbranched alkanes of at least 4 members (excludes halogenated alkanes) is 2. The van der Waals surface area contributed by atoms with Crippen LogP contribution in [0.4, 0.5) is 4.79 Å². The molecule has 0 fully saturated rings.